The van der Waals surface area contributed by atoms with E-state index in [-0.39, 0.29) is 11.4 Å². The first-order valence-electron chi connectivity index (χ1n) is 4.69. The molecule has 0 aliphatic heterocycles. The molecule has 0 fully saturated rings. The van der Waals surface area contributed by atoms with Crippen molar-refractivity contribution in [3.63, 3.8) is 0 Å². The van der Waals surface area contributed by atoms with E-state index in [1.165, 1.54) is 12.3 Å². The van der Waals surface area contributed by atoms with Crippen LogP contribution in [0.3, 0.4) is 0 Å². The van der Waals surface area contributed by atoms with Gasteiger partial charge < -0.3 is 5.32 Å². The Balaban J connectivity index is 2.22. The summed E-state index contributed by atoms with van der Waals surface area (Å²) in [6.07, 6.45) is 1.19. The Bertz CT molecular complexity index is 598. The summed E-state index contributed by atoms with van der Waals surface area (Å²) < 4.78 is 13.0. The van der Waals surface area contributed by atoms with Gasteiger partial charge in [-0.25, -0.2) is 0 Å². The number of aromatic amines is 1. The Labute approximate surface area is 99.0 Å². The number of nitro groups is 1. The minimum Gasteiger partial charge on any atom is -0.320 e. The smallest absolute Gasteiger partial charge is 0.306 e. The molecule has 1 heterocycles. The van der Waals surface area contributed by atoms with Gasteiger partial charge in [-0.05, 0) is 12.1 Å². The van der Waals surface area contributed by atoms with Crippen molar-refractivity contribution in [2.75, 3.05) is 5.32 Å². The number of hydrogen-bond donors (Lipinski definition) is 2. The number of hydrogen-bond acceptors (Lipinski definition) is 5. The number of aromatic nitrogens is 3. The lowest BCUT2D eigenvalue weighted by Gasteiger charge is -2.02. The van der Waals surface area contributed by atoms with E-state index in [0.717, 1.165) is 12.1 Å². The standard InChI is InChI=1S/C9H6FN5O3/c10-6-2-1-5(3-8(6)15(17)18)12-9(16)7-4-11-14-13-7/h1-4H,(H,12,16)(H,11,13,14). The highest BCUT2D eigenvalue weighted by Gasteiger charge is 2.16. The van der Waals surface area contributed by atoms with Gasteiger partial charge in [-0.2, -0.15) is 19.8 Å². The lowest BCUT2D eigenvalue weighted by atomic mass is 10.2. The van der Waals surface area contributed by atoms with Crippen molar-refractivity contribution >= 4 is 17.3 Å². The Hall–Kier alpha value is -2.84. The highest BCUT2D eigenvalue weighted by atomic mass is 19.1. The van der Waals surface area contributed by atoms with Crippen LogP contribution in [0.1, 0.15) is 10.5 Å². The van der Waals surface area contributed by atoms with Crippen molar-refractivity contribution in [2.24, 2.45) is 0 Å². The van der Waals surface area contributed by atoms with Crippen molar-refractivity contribution < 1.29 is 14.1 Å². The Morgan fingerprint density at radius 1 is 1.50 bits per heavy atom. The molecule has 2 rings (SSSR count). The fourth-order valence-electron chi connectivity index (χ4n) is 1.24. The van der Waals surface area contributed by atoms with Crippen molar-refractivity contribution in [1.29, 1.82) is 0 Å². The second-order valence-electron chi connectivity index (χ2n) is 3.23. The fraction of sp³-hybridized carbons (Fsp3) is 0. The van der Waals surface area contributed by atoms with Gasteiger partial charge in [-0.15, -0.1) is 0 Å². The lowest BCUT2D eigenvalue weighted by Crippen LogP contribution is -2.12. The number of carbonyl (C=O) groups is 1. The van der Waals surface area contributed by atoms with Crippen LogP contribution in [-0.2, 0) is 0 Å². The van der Waals surface area contributed by atoms with E-state index in [1.54, 1.807) is 0 Å². The number of amides is 1. The molecule has 2 N–H and O–H groups in total. The quantitative estimate of drug-likeness (QED) is 0.626. The molecule has 0 saturated carbocycles. The Morgan fingerprint density at radius 2 is 2.28 bits per heavy atom. The minimum absolute atomic E-state index is 0.0157. The summed E-state index contributed by atoms with van der Waals surface area (Å²) in [6.45, 7) is 0. The molecule has 1 aromatic heterocycles. The molecule has 1 aromatic carbocycles. The van der Waals surface area contributed by atoms with Crippen LogP contribution in [0.15, 0.2) is 24.4 Å². The van der Waals surface area contributed by atoms with Gasteiger partial charge in [-0.1, -0.05) is 0 Å². The molecule has 0 unspecified atom stereocenters. The third-order valence-electron chi connectivity index (χ3n) is 2.05. The molecule has 9 heteroatoms. The monoisotopic (exact) mass is 251 g/mol. The molecular formula is C9H6FN5O3. The van der Waals surface area contributed by atoms with E-state index in [9.17, 15) is 19.3 Å². The van der Waals surface area contributed by atoms with Gasteiger partial charge in [-0.3, -0.25) is 14.9 Å². The summed E-state index contributed by atoms with van der Waals surface area (Å²) in [6, 6.07) is 3.03. The van der Waals surface area contributed by atoms with Crippen molar-refractivity contribution in [1.82, 2.24) is 15.4 Å². The molecule has 0 aliphatic rings. The first-order chi connectivity index (χ1) is 8.58. The van der Waals surface area contributed by atoms with Crippen LogP contribution in [0.2, 0.25) is 0 Å². The number of nitrogens with zero attached hydrogens (tertiary/aromatic N) is 3. The predicted octanol–water partition coefficient (Wildman–Crippen LogP) is 1.10. The highest BCUT2D eigenvalue weighted by molar-refractivity contribution is 6.02. The van der Waals surface area contributed by atoms with Crippen LogP contribution in [0.5, 0.6) is 0 Å². The number of benzene rings is 1. The van der Waals surface area contributed by atoms with Gasteiger partial charge in [0.2, 0.25) is 5.82 Å². The van der Waals surface area contributed by atoms with E-state index < -0.39 is 22.3 Å². The average Bonchev–Trinajstić information content (AvgIpc) is 2.85. The molecule has 0 spiro atoms. The minimum atomic E-state index is -0.973. The molecule has 1 amide bonds. The number of anilines is 1. The third kappa shape index (κ3) is 2.29. The fourth-order valence-corrected chi connectivity index (χ4v) is 1.24. The zero-order valence-corrected chi connectivity index (χ0v) is 8.75. The van der Waals surface area contributed by atoms with Crippen LogP contribution in [0.25, 0.3) is 0 Å². The van der Waals surface area contributed by atoms with E-state index in [1.807, 2.05) is 0 Å². The Kier molecular flexibility index (Phi) is 2.96. The van der Waals surface area contributed by atoms with Gasteiger partial charge in [0.15, 0.2) is 5.69 Å². The lowest BCUT2D eigenvalue weighted by molar-refractivity contribution is -0.387. The van der Waals surface area contributed by atoms with Gasteiger partial charge >= 0.3 is 5.69 Å². The summed E-state index contributed by atoms with van der Waals surface area (Å²) in [5, 5.41) is 22.1. The van der Waals surface area contributed by atoms with E-state index >= 15 is 0 Å². The van der Waals surface area contributed by atoms with E-state index in [2.05, 4.69) is 20.7 Å². The normalized spacial score (nSPS) is 10.1. The van der Waals surface area contributed by atoms with Crippen LogP contribution < -0.4 is 5.32 Å². The first-order valence-corrected chi connectivity index (χ1v) is 4.69. The molecule has 0 saturated heterocycles. The maximum absolute atomic E-state index is 13.0. The number of halogens is 1. The third-order valence-corrected chi connectivity index (χ3v) is 2.05. The molecular weight excluding hydrogens is 245 g/mol. The number of nitro benzene ring substituents is 1. The predicted molar refractivity (Wildman–Crippen MR) is 57.4 cm³/mol. The zero-order chi connectivity index (χ0) is 13.1. The second kappa shape index (κ2) is 4.57. The maximum Gasteiger partial charge on any atom is 0.306 e. The second-order valence-corrected chi connectivity index (χ2v) is 3.23. The van der Waals surface area contributed by atoms with Crippen LogP contribution in [0, 0.1) is 15.9 Å². The molecule has 2 aromatic rings. The molecule has 0 aliphatic carbocycles. The summed E-state index contributed by atoms with van der Waals surface area (Å²) >= 11 is 0. The number of nitrogens with one attached hydrogen (secondary N) is 2. The first kappa shape index (κ1) is 11.6. The highest BCUT2D eigenvalue weighted by Crippen LogP contribution is 2.21. The molecule has 0 atom stereocenters. The topological polar surface area (TPSA) is 114 Å². The molecule has 0 bridgehead atoms. The van der Waals surface area contributed by atoms with Crippen LogP contribution in [0.4, 0.5) is 15.8 Å². The molecule has 92 valence electrons. The zero-order valence-electron chi connectivity index (χ0n) is 8.75. The number of H-pyrrole nitrogens is 1. The van der Waals surface area contributed by atoms with Gasteiger partial charge in [0, 0.05) is 11.8 Å². The maximum atomic E-state index is 13.0. The summed E-state index contributed by atoms with van der Waals surface area (Å²) in [5.74, 6) is -1.58. The summed E-state index contributed by atoms with van der Waals surface area (Å²) in [5.41, 5.74) is -0.606. The van der Waals surface area contributed by atoms with E-state index in [0.29, 0.717) is 0 Å². The van der Waals surface area contributed by atoms with Gasteiger partial charge in [0.25, 0.3) is 5.91 Å². The number of rotatable bonds is 3. The Morgan fingerprint density at radius 3 is 2.89 bits per heavy atom. The van der Waals surface area contributed by atoms with Crippen molar-refractivity contribution in [3.05, 3.63) is 46.0 Å². The van der Waals surface area contributed by atoms with Crippen molar-refractivity contribution in [3.8, 4) is 0 Å². The van der Waals surface area contributed by atoms with Crippen LogP contribution in [-0.4, -0.2) is 26.2 Å². The largest absolute Gasteiger partial charge is 0.320 e. The average molecular weight is 251 g/mol. The molecule has 0 radical (unpaired) electrons. The molecule has 18 heavy (non-hydrogen) atoms. The van der Waals surface area contributed by atoms with Gasteiger partial charge in [0.05, 0.1) is 11.1 Å². The summed E-state index contributed by atoms with van der Waals surface area (Å²) in [4.78, 5) is 21.2. The SMILES string of the molecule is O=C(Nc1ccc(F)c([N+](=O)[O-])c1)c1cn[nH]n1. The van der Waals surface area contributed by atoms with E-state index in [4.69, 9.17) is 0 Å². The van der Waals surface area contributed by atoms with Gasteiger partial charge in [0.1, 0.15) is 0 Å². The van der Waals surface area contributed by atoms with Crippen LogP contribution >= 0.6 is 0 Å². The summed E-state index contributed by atoms with van der Waals surface area (Å²) in [7, 11) is 0. The number of carbonyl (C=O) groups excluding carboxylic acids is 1. The molecule has 8 nitrogen and oxygen atoms in total. The van der Waals surface area contributed by atoms with Crippen molar-refractivity contribution in [2.45, 2.75) is 0 Å².